The van der Waals surface area contributed by atoms with Crippen LogP contribution in [0.15, 0.2) is 97.1 Å². The molecule has 6 nitrogen and oxygen atoms in total. The Morgan fingerprint density at radius 1 is 0.825 bits per heavy atom. The first-order valence-corrected chi connectivity index (χ1v) is 13.2. The van der Waals surface area contributed by atoms with Gasteiger partial charge in [-0.3, -0.25) is 4.79 Å². The van der Waals surface area contributed by atoms with Crippen LogP contribution in [-0.2, 0) is 36.2 Å². The molecule has 4 aromatic rings. The number of hydrogen-bond acceptors (Lipinski definition) is 6. The van der Waals surface area contributed by atoms with Gasteiger partial charge in [-0.05, 0) is 72.4 Å². The number of rotatable bonds is 9. The molecule has 0 aliphatic heterocycles. The minimum atomic E-state index is -0.348. The quantitative estimate of drug-likeness (QED) is 0.135. The number of ether oxygens (including phenoxy) is 2. The van der Waals surface area contributed by atoms with Gasteiger partial charge in [-0.1, -0.05) is 43.3 Å². The van der Waals surface area contributed by atoms with E-state index in [1.165, 1.54) is 18.1 Å². The van der Waals surface area contributed by atoms with Gasteiger partial charge in [-0.25, -0.2) is 0 Å². The van der Waals surface area contributed by atoms with Gasteiger partial charge in [-0.15, -0.1) is 0 Å². The summed E-state index contributed by atoms with van der Waals surface area (Å²) in [7, 11) is 1.68. The molecule has 0 amide bonds. The van der Waals surface area contributed by atoms with Gasteiger partial charge in [0.15, 0.2) is 0 Å². The van der Waals surface area contributed by atoms with Crippen LogP contribution in [-0.4, -0.2) is 29.9 Å². The molecule has 0 bridgehead atoms. The summed E-state index contributed by atoms with van der Waals surface area (Å²) in [4.78, 5) is 11.0. The third-order valence-corrected chi connectivity index (χ3v) is 6.45. The Labute approximate surface area is 244 Å². The van der Waals surface area contributed by atoms with Gasteiger partial charge in [-0.2, -0.15) is 35.9 Å². The van der Waals surface area contributed by atoms with Crippen molar-refractivity contribution in [2.24, 2.45) is 0 Å². The molecule has 4 rings (SSSR count). The fraction of sp³-hybridized carbons (Fsp3) is 0.242. The Hall–Kier alpha value is -3.78. The fourth-order valence-electron chi connectivity index (χ4n) is 4.29. The average Bonchev–Trinajstić information content (AvgIpc) is 2.98. The van der Waals surface area contributed by atoms with Crippen LogP contribution in [0.4, 0.5) is 0 Å². The molecule has 1 atom stereocenters. The van der Waals surface area contributed by atoms with Crippen LogP contribution >= 0.6 is 0 Å². The zero-order valence-corrected chi connectivity index (χ0v) is 24.0. The molecule has 0 spiro atoms. The number of benzene rings is 4. The number of phenols is 1. The normalized spacial score (nSPS) is 11.5. The van der Waals surface area contributed by atoms with Crippen molar-refractivity contribution in [3.8, 4) is 17.2 Å². The predicted molar refractivity (Wildman–Crippen MR) is 150 cm³/mol. The van der Waals surface area contributed by atoms with Gasteiger partial charge in [0.2, 0.25) is 0 Å². The standard InChI is InChI=1S/C19H22O4.C14H13O.Co.O/c1-14(21)23-18-10-6-16(7-11-18)19(2,12-3-13-20)15-4-8-17(22)9-5-15;1-15-14-9-7-13(8-10-14)11-12-5-3-2-4-6-12;;/h4-11,20,22H,3,12-13H2,1-2H3;3-10H,11H2,1H3;;/q;-1;;. The molecule has 7 heteroatoms. The van der Waals surface area contributed by atoms with Gasteiger partial charge < -0.3 is 19.7 Å². The second kappa shape index (κ2) is 17.0. The van der Waals surface area contributed by atoms with Crippen LogP contribution in [0.1, 0.15) is 48.9 Å². The van der Waals surface area contributed by atoms with E-state index >= 15 is 0 Å². The third kappa shape index (κ3) is 10.1. The number of hydrogen-bond donors (Lipinski definition) is 2. The topological polar surface area (TPSA) is 93.1 Å². The molecule has 1 unspecified atom stereocenters. The molecule has 40 heavy (non-hydrogen) atoms. The van der Waals surface area contributed by atoms with Crippen molar-refractivity contribution in [3.05, 3.63) is 125 Å². The van der Waals surface area contributed by atoms with E-state index in [4.69, 9.17) is 13.3 Å². The van der Waals surface area contributed by atoms with Crippen molar-refractivity contribution in [2.75, 3.05) is 13.7 Å². The summed E-state index contributed by atoms with van der Waals surface area (Å²) in [6.07, 6.45) is 2.39. The number of methoxy groups -OCH3 is 1. The zero-order chi connectivity index (χ0) is 29.4. The summed E-state index contributed by atoms with van der Waals surface area (Å²) in [5, 5.41) is 18.7. The first-order valence-electron chi connectivity index (χ1n) is 12.7. The summed E-state index contributed by atoms with van der Waals surface area (Å²) in [6.45, 7) is 3.60. The Kier molecular flexibility index (Phi) is 13.8. The van der Waals surface area contributed by atoms with Crippen LogP contribution in [0.25, 0.3) is 0 Å². The number of carbonyl (C=O) groups excluding carboxylic acids is 1. The second-order valence-corrected chi connectivity index (χ2v) is 9.26. The maximum atomic E-state index is 11.0. The molecule has 213 valence electrons. The van der Waals surface area contributed by atoms with Crippen LogP contribution in [0.5, 0.6) is 17.2 Å². The maximum absolute atomic E-state index is 11.0. The Morgan fingerprint density at radius 3 is 1.82 bits per heavy atom. The molecule has 0 radical (unpaired) electrons. The van der Waals surface area contributed by atoms with Crippen molar-refractivity contribution >= 4 is 5.97 Å². The molecule has 0 heterocycles. The SMILES string of the molecule is CC(=O)Oc1ccc(C(C)(CCCO)c2ccc(O)cc2)cc1.COc1ccc(Cc2cc[c-]cc2)cc1.[O]=[Co]. The first-order chi connectivity index (χ1) is 19.3. The van der Waals surface area contributed by atoms with Crippen LogP contribution in [0.2, 0.25) is 0 Å². The van der Waals surface area contributed by atoms with Crippen molar-refractivity contribution in [2.45, 2.75) is 38.5 Å². The van der Waals surface area contributed by atoms with E-state index in [2.05, 4.69) is 52.9 Å². The third-order valence-electron chi connectivity index (χ3n) is 6.45. The number of carbonyl (C=O) groups is 1. The fourth-order valence-corrected chi connectivity index (χ4v) is 4.29. The van der Waals surface area contributed by atoms with E-state index in [-0.39, 0.29) is 23.7 Å². The van der Waals surface area contributed by atoms with Crippen molar-refractivity contribution in [3.63, 3.8) is 0 Å². The van der Waals surface area contributed by atoms with Gasteiger partial charge in [0.25, 0.3) is 0 Å². The summed E-state index contributed by atoms with van der Waals surface area (Å²) >= 11 is 2.31. The van der Waals surface area contributed by atoms with Crippen molar-refractivity contribution in [1.82, 2.24) is 0 Å². The Balaban J connectivity index is 0.000000284. The molecule has 0 saturated heterocycles. The zero-order valence-electron chi connectivity index (χ0n) is 22.9. The van der Waals surface area contributed by atoms with Crippen molar-refractivity contribution < 1.29 is 44.0 Å². The average molecular weight is 587 g/mol. The minimum absolute atomic E-state index is 0.124. The van der Waals surface area contributed by atoms with Gasteiger partial charge >= 0.3 is 25.5 Å². The van der Waals surface area contributed by atoms with Gasteiger partial charge in [0.1, 0.15) is 17.2 Å². The van der Waals surface area contributed by atoms with Crippen LogP contribution in [0, 0.1) is 6.07 Å². The number of esters is 1. The second-order valence-electron chi connectivity index (χ2n) is 9.26. The van der Waals surface area contributed by atoms with E-state index in [1.54, 1.807) is 31.4 Å². The predicted octanol–water partition coefficient (Wildman–Crippen LogP) is 6.36. The first kappa shape index (κ1) is 32.4. The van der Waals surface area contributed by atoms with E-state index in [0.29, 0.717) is 12.2 Å². The Morgan fingerprint density at radius 2 is 1.32 bits per heavy atom. The van der Waals surface area contributed by atoms with E-state index in [9.17, 15) is 15.0 Å². The number of aliphatic hydroxyl groups excluding tert-OH is 1. The molecule has 0 aliphatic carbocycles. The van der Waals surface area contributed by atoms with E-state index in [1.807, 2.05) is 48.5 Å². The molecule has 0 saturated carbocycles. The van der Waals surface area contributed by atoms with Gasteiger partial charge in [0.05, 0.1) is 7.11 Å². The number of aromatic hydroxyl groups is 1. The summed E-state index contributed by atoms with van der Waals surface area (Å²) in [5.74, 6) is 1.29. The summed E-state index contributed by atoms with van der Waals surface area (Å²) < 4.78 is 18.1. The molecule has 0 fully saturated rings. The Bertz CT molecular complexity index is 1280. The molecular formula is C33H35CoO6-. The summed E-state index contributed by atoms with van der Waals surface area (Å²) in [6, 6.07) is 33.8. The molecular weight excluding hydrogens is 551 g/mol. The van der Waals surface area contributed by atoms with Gasteiger partial charge in [0, 0.05) is 18.9 Å². The number of phenolic OH excluding ortho intramolecular Hbond substituents is 1. The monoisotopic (exact) mass is 586 g/mol. The van der Waals surface area contributed by atoms with Crippen LogP contribution in [0.3, 0.4) is 0 Å². The molecule has 0 aromatic heterocycles. The summed E-state index contributed by atoms with van der Waals surface area (Å²) in [5.41, 5.74) is 4.42. The van der Waals surface area contributed by atoms with E-state index in [0.717, 1.165) is 29.7 Å². The van der Waals surface area contributed by atoms with Crippen LogP contribution < -0.4 is 9.47 Å². The molecule has 4 aromatic carbocycles. The molecule has 0 aliphatic rings. The number of aliphatic hydroxyl groups is 1. The molecule has 2 N–H and O–H groups in total. The van der Waals surface area contributed by atoms with E-state index < -0.39 is 0 Å². The van der Waals surface area contributed by atoms with Crippen molar-refractivity contribution in [1.29, 1.82) is 0 Å².